The van der Waals surface area contributed by atoms with Crippen molar-refractivity contribution in [2.45, 2.75) is 84.4 Å². The third-order valence-corrected chi connectivity index (χ3v) is 8.92. The number of carbonyl (C=O) groups is 1. The van der Waals surface area contributed by atoms with Crippen LogP contribution < -0.4 is 5.32 Å². The molecule has 5 heteroatoms. The van der Waals surface area contributed by atoms with E-state index in [2.05, 4.69) is 97.1 Å². The van der Waals surface area contributed by atoms with Gasteiger partial charge in [-0.3, -0.25) is 10.1 Å². The number of rotatable bonds is 9. The maximum absolute atomic E-state index is 13.2. The predicted octanol–water partition coefficient (Wildman–Crippen LogP) is 7.83. The first kappa shape index (κ1) is 27.2. The van der Waals surface area contributed by atoms with Crippen molar-refractivity contribution in [1.29, 1.82) is 0 Å². The average Bonchev–Trinajstić information content (AvgIpc) is 3.73. The third-order valence-electron chi connectivity index (χ3n) is 8.92. The summed E-state index contributed by atoms with van der Waals surface area (Å²) in [6.07, 6.45) is 1.86. The van der Waals surface area contributed by atoms with Gasteiger partial charge in [-0.25, -0.2) is 4.89 Å². The summed E-state index contributed by atoms with van der Waals surface area (Å²) in [6, 6.07) is 23.1. The number of nitrogens with one attached hydrogen (secondary N) is 1. The molecule has 204 valence electrons. The highest BCUT2D eigenvalue weighted by atomic mass is 17.1. The summed E-state index contributed by atoms with van der Waals surface area (Å²) in [6.45, 7) is 13.4. The number of hydrogen-bond donors (Lipinski definition) is 2. The Labute approximate surface area is 231 Å². The molecule has 4 aromatic rings. The van der Waals surface area contributed by atoms with Crippen LogP contribution >= 0.6 is 0 Å². The molecular weight excluding hydrogens is 484 g/mol. The first-order chi connectivity index (χ1) is 18.6. The minimum atomic E-state index is -0.207. The van der Waals surface area contributed by atoms with Crippen molar-refractivity contribution in [3.8, 4) is 0 Å². The zero-order valence-electron chi connectivity index (χ0n) is 23.9. The second-order valence-corrected chi connectivity index (χ2v) is 11.6. The molecule has 1 unspecified atom stereocenters. The molecule has 1 aromatic heterocycles. The van der Waals surface area contributed by atoms with E-state index in [0.29, 0.717) is 11.5 Å². The van der Waals surface area contributed by atoms with Crippen LogP contribution in [0.25, 0.3) is 10.9 Å². The lowest BCUT2D eigenvalue weighted by Gasteiger charge is -2.21. The summed E-state index contributed by atoms with van der Waals surface area (Å²) in [5, 5.41) is 13.5. The number of aromatic nitrogens is 1. The number of aryl methyl sites for hydroxylation is 1. The summed E-state index contributed by atoms with van der Waals surface area (Å²) in [4.78, 5) is 17.9. The van der Waals surface area contributed by atoms with Crippen molar-refractivity contribution in [2.75, 3.05) is 0 Å². The van der Waals surface area contributed by atoms with Crippen LogP contribution in [0.1, 0.15) is 96.4 Å². The summed E-state index contributed by atoms with van der Waals surface area (Å²) >= 11 is 0. The molecule has 2 N–H and O–H groups in total. The SMILES string of the molecule is Cc1c(C)n(Cc2ccc(C3(C(C)OO)CC3)cc2)c2ccc(C(=O)N[C@@H](C)c3cccc(C(C)C)c3)cc12. The molecule has 0 aliphatic heterocycles. The van der Waals surface area contributed by atoms with Crippen molar-refractivity contribution < 1.29 is 14.9 Å². The van der Waals surface area contributed by atoms with Crippen LogP contribution in [-0.4, -0.2) is 21.8 Å². The van der Waals surface area contributed by atoms with E-state index < -0.39 is 0 Å². The summed E-state index contributed by atoms with van der Waals surface area (Å²) in [7, 11) is 0. The lowest BCUT2D eigenvalue weighted by molar-refractivity contribution is -0.281. The van der Waals surface area contributed by atoms with Gasteiger partial charge in [-0.2, -0.15) is 0 Å². The van der Waals surface area contributed by atoms with Crippen LogP contribution in [0, 0.1) is 13.8 Å². The fraction of sp³-hybridized carbons (Fsp3) is 0.382. The molecule has 1 amide bonds. The largest absolute Gasteiger partial charge is 0.346 e. The molecule has 1 fully saturated rings. The molecule has 0 bridgehead atoms. The third kappa shape index (κ3) is 5.13. The Morgan fingerprint density at radius 2 is 1.67 bits per heavy atom. The zero-order valence-corrected chi connectivity index (χ0v) is 23.9. The molecule has 2 atom stereocenters. The van der Waals surface area contributed by atoms with Crippen molar-refractivity contribution in [2.24, 2.45) is 0 Å². The molecule has 1 aliphatic carbocycles. The standard InChI is InChI=1S/C34H40N2O3/c1-21(2)27-8-7-9-28(18-27)23(4)35-33(37)29-12-15-32-31(19-29)22(3)24(5)36(32)20-26-10-13-30(14-11-26)34(16-17-34)25(6)39-38/h7-15,18-19,21,23,25,38H,16-17,20H2,1-6H3,(H,35,37)/t23-,25?/m0/s1. The number of amides is 1. The molecule has 0 spiro atoms. The number of benzene rings is 3. The molecule has 0 radical (unpaired) electrons. The Kier molecular flexibility index (Phi) is 7.41. The van der Waals surface area contributed by atoms with Gasteiger partial charge in [0.15, 0.2) is 0 Å². The maximum atomic E-state index is 13.2. The van der Waals surface area contributed by atoms with Crippen molar-refractivity contribution in [1.82, 2.24) is 9.88 Å². The topological polar surface area (TPSA) is 63.5 Å². The van der Waals surface area contributed by atoms with Gasteiger partial charge < -0.3 is 9.88 Å². The molecule has 5 rings (SSSR count). The average molecular weight is 525 g/mol. The van der Waals surface area contributed by atoms with Crippen molar-refractivity contribution in [3.63, 3.8) is 0 Å². The van der Waals surface area contributed by atoms with Gasteiger partial charge in [0, 0.05) is 34.1 Å². The van der Waals surface area contributed by atoms with E-state index >= 15 is 0 Å². The van der Waals surface area contributed by atoms with E-state index in [0.717, 1.165) is 35.9 Å². The minimum absolute atomic E-state index is 0.0603. The first-order valence-electron chi connectivity index (χ1n) is 14.0. The van der Waals surface area contributed by atoms with Crippen LogP contribution in [0.4, 0.5) is 0 Å². The highest BCUT2D eigenvalue weighted by Gasteiger charge is 2.50. The highest BCUT2D eigenvalue weighted by molar-refractivity contribution is 5.99. The Morgan fingerprint density at radius 3 is 2.31 bits per heavy atom. The van der Waals surface area contributed by atoms with E-state index in [1.54, 1.807) is 0 Å². The quantitative estimate of drug-likeness (QED) is 0.173. The van der Waals surface area contributed by atoms with E-state index in [9.17, 15) is 10.1 Å². The van der Waals surface area contributed by atoms with Gasteiger partial charge in [0.2, 0.25) is 0 Å². The maximum Gasteiger partial charge on any atom is 0.251 e. The van der Waals surface area contributed by atoms with E-state index in [1.807, 2.05) is 26.0 Å². The van der Waals surface area contributed by atoms with Gasteiger partial charge in [0.05, 0.1) is 12.1 Å². The Hall–Kier alpha value is -3.41. The molecule has 3 aromatic carbocycles. The lowest BCUT2D eigenvalue weighted by atomic mass is 9.90. The van der Waals surface area contributed by atoms with Gasteiger partial charge in [-0.05, 0) is 92.5 Å². The number of hydrogen-bond acceptors (Lipinski definition) is 3. The van der Waals surface area contributed by atoms with Crippen LogP contribution in [0.15, 0.2) is 66.7 Å². The Morgan fingerprint density at radius 1 is 0.974 bits per heavy atom. The Bertz CT molecular complexity index is 1500. The van der Waals surface area contributed by atoms with E-state index in [1.165, 1.54) is 27.9 Å². The summed E-state index contributed by atoms with van der Waals surface area (Å²) < 4.78 is 2.33. The first-order valence-corrected chi connectivity index (χ1v) is 14.0. The second-order valence-electron chi connectivity index (χ2n) is 11.6. The summed E-state index contributed by atoms with van der Waals surface area (Å²) in [5.41, 5.74) is 8.96. The molecule has 39 heavy (non-hydrogen) atoms. The van der Waals surface area contributed by atoms with Gasteiger partial charge in [0.25, 0.3) is 5.91 Å². The highest BCUT2D eigenvalue weighted by Crippen LogP contribution is 2.51. The Balaban J connectivity index is 1.35. The van der Waals surface area contributed by atoms with Crippen LogP contribution in [0.2, 0.25) is 0 Å². The molecule has 1 aliphatic rings. The zero-order chi connectivity index (χ0) is 27.9. The normalized spacial score (nSPS) is 15.9. The molecule has 0 saturated heterocycles. The molecular formula is C34H40N2O3. The van der Waals surface area contributed by atoms with Gasteiger partial charge in [-0.15, -0.1) is 0 Å². The monoisotopic (exact) mass is 524 g/mol. The number of fused-ring (bicyclic) bond motifs is 1. The fourth-order valence-electron chi connectivity index (χ4n) is 5.84. The number of nitrogens with zero attached hydrogens (tertiary/aromatic N) is 1. The second kappa shape index (κ2) is 10.6. The van der Waals surface area contributed by atoms with Crippen LogP contribution in [0.5, 0.6) is 0 Å². The minimum Gasteiger partial charge on any atom is -0.346 e. The molecule has 1 heterocycles. The predicted molar refractivity (Wildman–Crippen MR) is 157 cm³/mol. The summed E-state index contributed by atoms with van der Waals surface area (Å²) in [5.74, 6) is 0.387. The molecule has 1 saturated carbocycles. The fourth-order valence-corrected chi connectivity index (χ4v) is 5.84. The van der Waals surface area contributed by atoms with Crippen molar-refractivity contribution in [3.05, 3.63) is 106 Å². The van der Waals surface area contributed by atoms with E-state index in [4.69, 9.17) is 0 Å². The lowest BCUT2D eigenvalue weighted by Crippen LogP contribution is -2.26. The van der Waals surface area contributed by atoms with Crippen molar-refractivity contribution >= 4 is 16.8 Å². The van der Waals surface area contributed by atoms with Gasteiger partial charge in [0.1, 0.15) is 0 Å². The van der Waals surface area contributed by atoms with Crippen LogP contribution in [0.3, 0.4) is 0 Å². The van der Waals surface area contributed by atoms with Gasteiger partial charge in [-0.1, -0.05) is 62.4 Å². The van der Waals surface area contributed by atoms with Gasteiger partial charge >= 0.3 is 0 Å². The van der Waals surface area contributed by atoms with Crippen LogP contribution in [-0.2, 0) is 16.8 Å². The van der Waals surface area contributed by atoms with E-state index in [-0.39, 0.29) is 23.5 Å². The smallest absolute Gasteiger partial charge is 0.251 e. The molecule has 5 nitrogen and oxygen atoms in total. The number of carbonyl (C=O) groups excluding carboxylic acids is 1.